The Labute approximate surface area is 127 Å². The molecule has 1 rings (SSSR count). The number of aliphatic hydroxyl groups is 1. The van der Waals surface area contributed by atoms with Crippen molar-refractivity contribution in [3.05, 3.63) is 28.8 Å². The van der Waals surface area contributed by atoms with Crippen LogP contribution in [0.25, 0.3) is 0 Å². The molecule has 0 aliphatic heterocycles. The minimum atomic E-state index is -1.23. The van der Waals surface area contributed by atoms with Gasteiger partial charge in [0.1, 0.15) is 5.56 Å². The van der Waals surface area contributed by atoms with Crippen LogP contribution >= 0.6 is 11.6 Å². The van der Waals surface area contributed by atoms with Gasteiger partial charge in [-0.25, -0.2) is 9.59 Å². The van der Waals surface area contributed by atoms with Gasteiger partial charge in [-0.05, 0) is 12.1 Å². The molecule has 0 radical (unpaired) electrons. The molecule has 0 unspecified atom stereocenters. The summed E-state index contributed by atoms with van der Waals surface area (Å²) < 4.78 is 4.88. The maximum Gasteiger partial charge on any atom is 0.339 e. The van der Waals surface area contributed by atoms with Crippen molar-refractivity contribution in [3.63, 3.8) is 0 Å². The second-order valence-electron chi connectivity index (χ2n) is 4.10. The zero-order valence-corrected chi connectivity index (χ0v) is 12.3. The monoisotopic (exact) mass is 316 g/mol. The molecular weight excluding hydrogens is 300 g/mol. The Morgan fingerprint density at radius 1 is 1.38 bits per heavy atom. The predicted molar refractivity (Wildman–Crippen MR) is 78.0 cm³/mol. The SMILES string of the molecule is COCCN(CCO)C(=O)Nc1cccc(Cl)c1C(=O)O. The number of anilines is 1. The molecule has 0 fully saturated rings. The molecule has 0 aromatic heterocycles. The van der Waals surface area contributed by atoms with E-state index < -0.39 is 12.0 Å². The van der Waals surface area contributed by atoms with E-state index in [4.69, 9.17) is 26.6 Å². The molecule has 0 spiro atoms. The highest BCUT2D eigenvalue weighted by atomic mass is 35.5. The van der Waals surface area contributed by atoms with E-state index in [0.29, 0.717) is 6.61 Å². The molecule has 0 saturated heterocycles. The summed E-state index contributed by atoms with van der Waals surface area (Å²) in [6.07, 6.45) is 0. The number of carbonyl (C=O) groups excluding carboxylic acids is 1. The summed E-state index contributed by atoms with van der Waals surface area (Å²) >= 11 is 5.83. The van der Waals surface area contributed by atoms with Crippen LogP contribution in [0.15, 0.2) is 18.2 Å². The summed E-state index contributed by atoms with van der Waals surface area (Å²) in [5.74, 6) is -1.23. The molecule has 0 aliphatic carbocycles. The van der Waals surface area contributed by atoms with E-state index >= 15 is 0 Å². The fraction of sp³-hybridized carbons (Fsp3) is 0.385. The van der Waals surface area contributed by atoms with E-state index in [1.165, 1.54) is 30.2 Å². The average molecular weight is 317 g/mol. The van der Waals surface area contributed by atoms with Gasteiger partial charge in [-0.1, -0.05) is 17.7 Å². The smallest absolute Gasteiger partial charge is 0.339 e. The number of halogens is 1. The van der Waals surface area contributed by atoms with Gasteiger partial charge in [-0.3, -0.25) is 0 Å². The normalized spacial score (nSPS) is 10.2. The van der Waals surface area contributed by atoms with Crippen LogP contribution in [-0.2, 0) is 4.74 Å². The zero-order chi connectivity index (χ0) is 15.8. The largest absolute Gasteiger partial charge is 0.478 e. The molecular formula is C13H17ClN2O5. The summed E-state index contributed by atoms with van der Waals surface area (Å²) in [6.45, 7) is 0.469. The quantitative estimate of drug-likeness (QED) is 0.708. The fourth-order valence-electron chi connectivity index (χ4n) is 1.68. The number of aromatic carboxylic acids is 1. The third-order valence-corrected chi connectivity index (χ3v) is 3.01. The lowest BCUT2D eigenvalue weighted by atomic mass is 10.2. The number of carboxylic acid groups (broad SMARTS) is 1. The Balaban J connectivity index is 2.90. The lowest BCUT2D eigenvalue weighted by Gasteiger charge is -2.22. The molecule has 8 heteroatoms. The lowest BCUT2D eigenvalue weighted by molar-refractivity contribution is 0.0698. The van der Waals surface area contributed by atoms with Crippen LogP contribution in [-0.4, -0.2) is 60.5 Å². The Bertz CT molecular complexity index is 509. The number of aliphatic hydroxyl groups excluding tert-OH is 1. The first kappa shape index (κ1) is 17.2. The van der Waals surface area contributed by atoms with Gasteiger partial charge in [0.15, 0.2) is 0 Å². The summed E-state index contributed by atoms with van der Waals surface area (Å²) in [5, 5.41) is 20.6. The Morgan fingerprint density at radius 3 is 2.67 bits per heavy atom. The minimum Gasteiger partial charge on any atom is -0.478 e. The lowest BCUT2D eigenvalue weighted by Crippen LogP contribution is -2.39. The van der Waals surface area contributed by atoms with E-state index in [1.807, 2.05) is 0 Å². The number of hydrogen-bond donors (Lipinski definition) is 3. The molecule has 0 aliphatic rings. The number of nitrogens with one attached hydrogen (secondary N) is 1. The van der Waals surface area contributed by atoms with Crippen LogP contribution in [0.1, 0.15) is 10.4 Å². The first-order valence-electron chi connectivity index (χ1n) is 6.18. The Morgan fingerprint density at radius 2 is 2.10 bits per heavy atom. The van der Waals surface area contributed by atoms with Crippen LogP contribution in [0, 0.1) is 0 Å². The maximum absolute atomic E-state index is 12.1. The number of carboxylic acids is 1. The number of nitrogens with zero attached hydrogens (tertiary/aromatic N) is 1. The van der Waals surface area contributed by atoms with Crippen molar-refractivity contribution in [2.45, 2.75) is 0 Å². The molecule has 0 saturated carbocycles. The van der Waals surface area contributed by atoms with Crippen molar-refractivity contribution < 1.29 is 24.5 Å². The first-order valence-corrected chi connectivity index (χ1v) is 6.56. The summed E-state index contributed by atoms with van der Waals surface area (Å²) in [7, 11) is 1.49. The molecule has 1 aromatic carbocycles. The third-order valence-electron chi connectivity index (χ3n) is 2.69. The van der Waals surface area contributed by atoms with E-state index in [9.17, 15) is 9.59 Å². The van der Waals surface area contributed by atoms with Crippen molar-refractivity contribution in [3.8, 4) is 0 Å². The highest BCUT2D eigenvalue weighted by molar-refractivity contribution is 6.34. The molecule has 0 atom stereocenters. The molecule has 2 amide bonds. The van der Waals surface area contributed by atoms with Crippen molar-refractivity contribution >= 4 is 29.3 Å². The summed E-state index contributed by atoms with van der Waals surface area (Å²) in [6, 6.07) is 3.87. The van der Waals surface area contributed by atoms with Crippen molar-refractivity contribution in [1.29, 1.82) is 0 Å². The Kier molecular flexibility index (Phi) is 6.93. The molecule has 21 heavy (non-hydrogen) atoms. The Hall–Kier alpha value is -1.83. The van der Waals surface area contributed by atoms with Crippen molar-refractivity contribution in [2.75, 3.05) is 38.7 Å². The van der Waals surface area contributed by atoms with E-state index in [-0.39, 0.29) is 36.0 Å². The molecule has 0 heterocycles. The van der Waals surface area contributed by atoms with Gasteiger partial charge in [-0.15, -0.1) is 0 Å². The highest BCUT2D eigenvalue weighted by Gasteiger charge is 2.19. The van der Waals surface area contributed by atoms with Crippen molar-refractivity contribution in [2.24, 2.45) is 0 Å². The molecule has 7 nitrogen and oxygen atoms in total. The van der Waals surface area contributed by atoms with E-state index in [2.05, 4.69) is 5.32 Å². The standard InChI is InChI=1S/C13H17ClN2O5/c1-21-8-6-16(5-7-17)13(20)15-10-4-2-3-9(14)11(10)12(18)19/h2-4,17H,5-8H2,1H3,(H,15,20)(H,18,19). The number of carbonyl (C=O) groups is 2. The molecule has 3 N–H and O–H groups in total. The topological polar surface area (TPSA) is 99.1 Å². The first-order chi connectivity index (χ1) is 10.0. The number of hydrogen-bond acceptors (Lipinski definition) is 4. The van der Waals surface area contributed by atoms with Crippen LogP contribution in [0.3, 0.4) is 0 Å². The number of methoxy groups -OCH3 is 1. The zero-order valence-electron chi connectivity index (χ0n) is 11.5. The molecule has 0 bridgehead atoms. The van der Waals surface area contributed by atoms with Gasteiger partial charge in [0.25, 0.3) is 0 Å². The van der Waals surface area contributed by atoms with Crippen LogP contribution in [0.4, 0.5) is 10.5 Å². The van der Waals surface area contributed by atoms with Gasteiger partial charge in [-0.2, -0.15) is 0 Å². The second kappa shape index (κ2) is 8.46. The van der Waals surface area contributed by atoms with E-state index in [1.54, 1.807) is 0 Å². The second-order valence-corrected chi connectivity index (χ2v) is 4.51. The molecule has 1 aromatic rings. The highest BCUT2D eigenvalue weighted by Crippen LogP contribution is 2.24. The van der Waals surface area contributed by atoms with Crippen molar-refractivity contribution in [1.82, 2.24) is 4.90 Å². The van der Waals surface area contributed by atoms with E-state index in [0.717, 1.165) is 0 Å². The summed E-state index contributed by atoms with van der Waals surface area (Å²) in [4.78, 5) is 24.6. The molecule has 116 valence electrons. The van der Waals surface area contributed by atoms with Gasteiger partial charge in [0, 0.05) is 20.2 Å². The van der Waals surface area contributed by atoms with Gasteiger partial charge >= 0.3 is 12.0 Å². The van der Waals surface area contributed by atoms with Crippen LogP contribution in [0.2, 0.25) is 5.02 Å². The average Bonchev–Trinajstić information content (AvgIpc) is 2.43. The van der Waals surface area contributed by atoms with Crippen LogP contribution in [0.5, 0.6) is 0 Å². The number of amides is 2. The number of urea groups is 1. The number of benzene rings is 1. The van der Waals surface area contributed by atoms with Gasteiger partial charge < -0.3 is 25.2 Å². The maximum atomic E-state index is 12.1. The third kappa shape index (κ3) is 4.89. The summed E-state index contributed by atoms with van der Waals surface area (Å²) in [5.41, 5.74) is -0.0800. The van der Waals surface area contributed by atoms with Gasteiger partial charge in [0.05, 0.1) is 23.9 Å². The minimum absolute atomic E-state index is 0.0332. The number of rotatable bonds is 7. The van der Waals surface area contributed by atoms with Crippen LogP contribution < -0.4 is 5.32 Å². The van der Waals surface area contributed by atoms with Gasteiger partial charge in [0.2, 0.25) is 0 Å². The number of ether oxygens (including phenoxy) is 1. The predicted octanol–water partition coefficient (Wildman–Crippen LogP) is 1.51. The fourth-order valence-corrected chi connectivity index (χ4v) is 1.93.